The van der Waals surface area contributed by atoms with Crippen molar-refractivity contribution in [2.45, 2.75) is 70.0 Å². The number of rotatable bonds is 12. The van der Waals surface area contributed by atoms with E-state index in [4.69, 9.17) is 18.6 Å². The van der Waals surface area contributed by atoms with Crippen molar-refractivity contribution >= 4 is 18.7 Å². The Morgan fingerprint density at radius 3 is 2.05 bits per heavy atom. The van der Waals surface area contributed by atoms with Crippen molar-refractivity contribution in [2.24, 2.45) is 0 Å². The normalized spacial score (nSPS) is 19.8. The predicted octanol–water partition coefficient (Wildman–Crippen LogP) is 6.84. The van der Waals surface area contributed by atoms with Gasteiger partial charge in [-0.1, -0.05) is 106 Å². The maximum atomic E-state index is 7.07. The van der Waals surface area contributed by atoms with Crippen LogP contribution in [-0.4, -0.2) is 40.3 Å². The number of hydrogen-bond acceptors (Lipinski definition) is 4. The molecule has 1 saturated heterocycles. The fraction of sp³-hybridized carbons (Fsp3) is 0.371. The first kappa shape index (κ1) is 30.0. The van der Waals surface area contributed by atoms with E-state index in [0.29, 0.717) is 13.2 Å². The average Bonchev–Trinajstić information content (AvgIpc) is 2.97. The molecule has 0 aliphatic carbocycles. The van der Waals surface area contributed by atoms with Crippen LogP contribution < -0.4 is 15.1 Å². The molecule has 5 heteroatoms. The second-order valence-corrected chi connectivity index (χ2v) is 15.9. The van der Waals surface area contributed by atoms with Gasteiger partial charge in [-0.2, -0.15) is 0 Å². The quantitative estimate of drug-likeness (QED) is 0.139. The highest BCUT2D eigenvalue weighted by Crippen LogP contribution is 2.37. The van der Waals surface area contributed by atoms with Crippen LogP contribution in [0.3, 0.4) is 0 Å². The molecule has 40 heavy (non-hydrogen) atoms. The van der Waals surface area contributed by atoms with Crippen LogP contribution in [-0.2, 0) is 20.5 Å². The van der Waals surface area contributed by atoms with Gasteiger partial charge in [-0.05, 0) is 57.9 Å². The number of hydrogen-bond donors (Lipinski definition) is 0. The van der Waals surface area contributed by atoms with Gasteiger partial charge in [-0.15, -0.1) is 6.58 Å². The summed E-state index contributed by atoms with van der Waals surface area (Å²) in [5, 5.41) is 2.58. The number of ether oxygens (including phenoxy) is 3. The summed E-state index contributed by atoms with van der Waals surface area (Å²) in [5.74, 6) is 0.833. The van der Waals surface area contributed by atoms with Crippen molar-refractivity contribution < 1.29 is 18.6 Å². The molecule has 0 amide bonds. The summed E-state index contributed by atoms with van der Waals surface area (Å²) in [6.07, 6.45) is 4.06. The summed E-state index contributed by atoms with van der Waals surface area (Å²) in [4.78, 5) is 0. The van der Waals surface area contributed by atoms with Crippen molar-refractivity contribution in [3.63, 3.8) is 0 Å². The highest BCUT2D eigenvalue weighted by Gasteiger charge is 2.50. The number of benzene rings is 3. The van der Waals surface area contributed by atoms with Crippen LogP contribution in [0.25, 0.3) is 0 Å². The molecule has 0 saturated carbocycles. The Hall–Kier alpha value is -2.96. The molecule has 4 rings (SSSR count). The summed E-state index contributed by atoms with van der Waals surface area (Å²) in [5.41, 5.74) is 2.14. The van der Waals surface area contributed by atoms with Gasteiger partial charge in [0.1, 0.15) is 18.0 Å². The third-order valence-electron chi connectivity index (χ3n) is 7.77. The third-order valence-corrected chi connectivity index (χ3v) is 12.8. The molecule has 212 valence electrons. The second-order valence-electron chi connectivity index (χ2n) is 11.6. The molecule has 3 atom stereocenters. The van der Waals surface area contributed by atoms with Gasteiger partial charge in [-0.25, -0.2) is 0 Å². The lowest BCUT2D eigenvalue weighted by atomic mass is 9.94. The fourth-order valence-electron chi connectivity index (χ4n) is 5.75. The molecule has 1 heterocycles. The third kappa shape index (κ3) is 6.84. The van der Waals surface area contributed by atoms with E-state index in [1.165, 1.54) is 10.4 Å². The number of methoxy groups -OCH3 is 1. The standard InChI is InChI=1S/C35H44O4Si/c1-7-33-34(37-26-28-20-22-29(36-6)23-21-28)27(2)25-30(39-33)15-14-24-38-40(35(3,4)5,31-16-10-8-11-17-31)32-18-12-9-13-19-32/h7-13,16-23,30,33-34H,1-2,14-15,24-26H2,3-6H3/t30-,33-,34?/m1/s1. The zero-order valence-corrected chi connectivity index (χ0v) is 25.5. The van der Waals surface area contributed by atoms with E-state index in [1.54, 1.807) is 7.11 Å². The first-order valence-corrected chi connectivity index (χ1v) is 16.1. The lowest BCUT2D eigenvalue weighted by Crippen LogP contribution is -2.66. The van der Waals surface area contributed by atoms with E-state index < -0.39 is 8.32 Å². The minimum atomic E-state index is -2.53. The molecule has 0 aromatic heterocycles. The van der Waals surface area contributed by atoms with Crippen LogP contribution in [0, 0.1) is 0 Å². The molecule has 1 aliphatic rings. The molecule has 1 aliphatic heterocycles. The Morgan fingerprint density at radius 1 is 0.925 bits per heavy atom. The fourth-order valence-corrected chi connectivity index (χ4v) is 10.4. The van der Waals surface area contributed by atoms with E-state index >= 15 is 0 Å². The highest BCUT2D eigenvalue weighted by atomic mass is 28.4. The molecule has 0 bridgehead atoms. The molecule has 1 unspecified atom stereocenters. The van der Waals surface area contributed by atoms with Gasteiger partial charge in [0, 0.05) is 6.61 Å². The molecule has 0 spiro atoms. The molecule has 3 aromatic rings. The summed E-state index contributed by atoms with van der Waals surface area (Å²) in [7, 11) is -0.864. The molecule has 0 N–H and O–H groups in total. The first-order valence-electron chi connectivity index (χ1n) is 14.2. The predicted molar refractivity (Wildman–Crippen MR) is 167 cm³/mol. The monoisotopic (exact) mass is 556 g/mol. The van der Waals surface area contributed by atoms with Gasteiger partial charge in [-0.3, -0.25) is 0 Å². The Labute approximate surface area is 241 Å². The van der Waals surface area contributed by atoms with Gasteiger partial charge in [0.05, 0.1) is 19.8 Å². The van der Waals surface area contributed by atoms with E-state index in [9.17, 15) is 0 Å². The smallest absolute Gasteiger partial charge is 0.261 e. The molecule has 4 nitrogen and oxygen atoms in total. The van der Waals surface area contributed by atoms with Gasteiger partial charge in [0.15, 0.2) is 0 Å². The molecule has 3 aromatic carbocycles. The summed E-state index contributed by atoms with van der Waals surface area (Å²) in [6, 6.07) is 29.5. The van der Waals surface area contributed by atoms with E-state index in [0.717, 1.165) is 36.1 Å². The Bertz CT molecular complexity index is 1180. The van der Waals surface area contributed by atoms with Crippen LogP contribution in [0.15, 0.2) is 110 Å². The van der Waals surface area contributed by atoms with Gasteiger partial charge < -0.3 is 18.6 Å². The first-order chi connectivity index (χ1) is 19.3. The summed E-state index contributed by atoms with van der Waals surface area (Å²) >= 11 is 0. The van der Waals surface area contributed by atoms with Crippen molar-refractivity contribution in [1.29, 1.82) is 0 Å². The Morgan fingerprint density at radius 2 is 1.52 bits per heavy atom. The van der Waals surface area contributed by atoms with Crippen molar-refractivity contribution in [3.05, 3.63) is 115 Å². The average molecular weight is 557 g/mol. The molecular formula is C35H44O4Si. The van der Waals surface area contributed by atoms with Crippen molar-refractivity contribution in [2.75, 3.05) is 13.7 Å². The van der Waals surface area contributed by atoms with Crippen LogP contribution in [0.5, 0.6) is 5.75 Å². The van der Waals surface area contributed by atoms with Gasteiger partial charge in [0.25, 0.3) is 8.32 Å². The molecule has 1 fully saturated rings. The summed E-state index contributed by atoms with van der Waals surface area (Å²) in [6.45, 7) is 16.5. The van der Waals surface area contributed by atoms with E-state index in [2.05, 4.69) is 94.6 Å². The Balaban J connectivity index is 1.38. The zero-order valence-electron chi connectivity index (χ0n) is 24.5. The molecule has 0 radical (unpaired) electrons. The molecular weight excluding hydrogens is 512 g/mol. The van der Waals surface area contributed by atoms with Crippen LogP contribution >= 0.6 is 0 Å². The largest absolute Gasteiger partial charge is 0.497 e. The maximum Gasteiger partial charge on any atom is 0.261 e. The van der Waals surface area contributed by atoms with E-state index in [1.807, 2.05) is 30.3 Å². The highest BCUT2D eigenvalue weighted by molar-refractivity contribution is 6.99. The van der Waals surface area contributed by atoms with Crippen molar-refractivity contribution in [1.82, 2.24) is 0 Å². The van der Waals surface area contributed by atoms with Crippen LogP contribution in [0.2, 0.25) is 5.04 Å². The minimum absolute atomic E-state index is 0.0340. The Kier molecular flexibility index (Phi) is 10.2. The SMILES string of the molecule is C=C[C@H]1O[C@H](CCCO[Si](c2ccccc2)(c2ccccc2)C(C)(C)C)CC(=C)C1OCc1ccc(OC)cc1. The topological polar surface area (TPSA) is 36.9 Å². The zero-order chi connectivity index (χ0) is 28.6. The van der Waals surface area contributed by atoms with E-state index in [-0.39, 0.29) is 23.4 Å². The minimum Gasteiger partial charge on any atom is -0.497 e. The van der Waals surface area contributed by atoms with Gasteiger partial charge in [0.2, 0.25) is 0 Å². The lowest BCUT2D eigenvalue weighted by Gasteiger charge is -2.43. The second kappa shape index (κ2) is 13.6. The van der Waals surface area contributed by atoms with Crippen molar-refractivity contribution in [3.8, 4) is 5.75 Å². The van der Waals surface area contributed by atoms with Crippen LogP contribution in [0.1, 0.15) is 45.6 Å². The lowest BCUT2D eigenvalue weighted by molar-refractivity contribution is -0.0994. The van der Waals surface area contributed by atoms with Crippen LogP contribution in [0.4, 0.5) is 0 Å². The maximum absolute atomic E-state index is 7.07. The summed E-state index contributed by atoms with van der Waals surface area (Å²) < 4.78 is 25.0. The van der Waals surface area contributed by atoms with Gasteiger partial charge >= 0.3 is 0 Å².